The Kier molecular flexibility index (Phi) is 22.4. The molecule has 0 aliphatic rings. The van der Waals surface area contributed by atoms with Crippen LogP contribution < -0.4 is 0 Å². The van der Waals surface area contributed by atoms with Crippen LogP contribution in [0.1, 0.15) is 136 Å². The minimum atomic E-state index is -0.642. The topological polar surface area (TPSA) is 0 Å². The second-order valence-corrected chi connectivity index (χ2v) is 19.4. The number of hydrogen-bond acceptors (Lipinski definition) is 0. The maximum absolute atomic E-state index is 4.24. The molecule has 0 aliphatic carbocycles. The van der Waals surface area contributed by atoms with Gasteiger partial charge < -0.3 is 0 Å². The van der Waals surface area contributed by atoms with Crippen LogP contribution in [0.5, 0.6) is 0 Å². The van der Waals surface area contributed by atoms with Gasteiger partial charge >= 0.3 is 0 Å². The monoisotopic (exact) mass is 427 g/mol. The fourth-order valence-electron chi connectivity index (χ4n) is 4.57. The largest absolute Gasteiger partial charge is 0.223 e. The molecule has 0 saturated heterocycles. The molecular formula is C26H56PSi+. The van der Waals surface area contributed by atoms with E-state index in [1.165, 1.54) is 116 Å². The molecule has 0 nitrogen and oxygen atoms in total. The molecule has 0 aliphatic heterocycles. The Bertz CT molecular complexity index is 275. The lowest BCUT2D eigenvalue weighted by Gasteiger charge is -2.28. The normalized spacial score (nSPS) is 12.2. The highest BCUT2D eigenvalue weighted by molar-refractivity contribution is 8.01. The van der Waals surface area contributed by atoms with Crippen molar-refractivity contribution in [1.82, 2.24) is 0 Å². The lowest BCUT2D eigenvalue weighted by molar-refractivity contribution is 0.617. The van der Waals surface area contributed by atoms with Gasteiger partial charge in [0.05, 0.1) is 0 Å². The first-order chi connectivity index (χ1) is 13.7. The van der Waals surface area contributed by atoms with E-state index in [1.807, 2.05) is 0 Å². The lowest BCUT2D eigenvalue weighted by Crippen LogP contribution is -2.14. The molecule has 28 heavy (non-hydrogen) atoms. The summed E-state index contributed by atoms with van der Waals surface area (Å²) in [6, 6.07) is 0. The van der Waals surface area contributed by atoms with Crippen molar-refractivity contribution in [2.24, 2.45) is 0 Å². The van der Waals surface area contributed by atoms with Crippen LogP contribution in [0.25, 0.3) is 0 Å². The molecular weight excluding hydrogens is 371 g/mol. The van der Waals surface area contributed by atoms with E-state index >= 15 is 0 Å². The average molecular weight is 428 g/mol. The molecule has 168 valence electrons. The van der Waals surface area contributed by atoms with Gasteiger partial charge in [-0.15, -0.1) is 6.58 Å². The van der Waals surface area contributed by atoms with E-state index in [9.17, 15) is 0 Å². The van der Waals surface area contributed by atoms with Gasteiger partial charge in [0.25, 0.3) is 0 Å². The Labute approximate surface area is 183 Å². The van der Waals surface area contributed by atoms with E-state index in [1.54, 1.807) is 18.5 Å². The molecule has 0 N–H and O–H groups in total. The molecule has 0 saturated carbocycles. The molecule has 0 heterocycles. The van der Waals surface area contributed by atoms with Crippen molar-refractivity contribution in [2.75, 3.05) is 18.5 Å². The highest BCUT2D eigenvalue weighted by Crippen LogP contribution is 2.59. The minimum Gasteiger partial charge on any atom is -0.104 e. The summed E-state index contributed by atoms with van der Waals surface area (Å²) in [6.07, 6.45) is 31.3. The van der Waals surface area contributed by atoms with E-state index in [4.69, 9.17) is 0 Å². The molecule has 0 spiro atoms. The van der Waals surface area contributed by atoms with E-state index in [-0.39, 0.29) is 9.19 Å². The van der Waals surface area contributed by atoms with Crippen LogP contribution in [0.15, 0.2) is 12.3 Å². The maximum Gasteiger partial charge on any atom is 0.223 e. The molecule has 0 bridgehead atoms. The summed E-state index contributed by atoms with van der Waals surface area (Å²) in [5.41, 5.74) is 2.43. The van der Waals surface area contributed by atoms with Crippen molar-refractivity contribution in [3.8, 4) is 0 Å². The van der Waals surface area contributed by atoms with Gasteiger partial charge in [-0.05, 0) is 45.3 Å². The molecule has 0 radical (unpaired) electrons. The van der Waals surface area contributed by atoms with Crippen LogP contribution in [-0.2, 0) is 0 Å². The Morgan fingerprint density at radius 3 is 1.07 bits per heavy atom. The second kappa shape index (κ2) is 22.1. The summed E-state index contributed by atoms with van der Waals surface area (Å²) in [5.74, 6) is 0. The molecule has 0 rings (SSSR count). The van der Waals surface area contributed by atoms with Crippen molar-refractivity contribution in [3.05, 3.63) is 12.3 Å². The van der Waals surface area contributed by atoms with Gasteiger partial charge in [0.15, 0.2) is 0 Å². The third kappa shape index (κ3) is 17.3. The Hall–Kier alpha value is 0.387. The smallest absolute Gasteiger partial charge is 0.104 e. The van der Waals surface area contributed by atoms with Gasteiger partial charge in [0.2, 0.25) is 9.19 Å². The Morgan fingerprint density at radius 2 is 0.786 bits per heavy atom. The van der Waals surface area contributed by atoms with Crippen molar-refractivity contribution in [1.29, 1.82) is 0 Å². The predicted octanol–water partition coefficient (Wildman–Crippen LogP) is 9.31. The third-order valence-corrected chi connectivity index (χ3v) is 17.2. The summed E-state index contributed by atoms with van der Waals surface area (Å²) < 4.78 is 0. The molecule has 0 unspecified atom stereocenters. The van der Waals surface area contributed by atoms with Crippen molar-refractivity contribution in [3.63, 3.8) is 0 Å². The minimum absolute atomic E-state index is 0.0277. The number of hydrogen-bond donors (Lipinski definition) is 0. The van der Waals surface area contributed by atoms with Crippen LogP contribution >= 0.6 is 6.81 Å². The molecule has 0 aromatic heterocycles. The quantitative estimate of drug-likeness (QED) is 0.0865. The second-order valence-electron chi connectivity index (χ2n) is 9.29. The lowest BCUT2D eigenvalue weighted by atomic mass is 10.1. The number of rotatable bonds is 23. The zero-order valence-electron chi connectivity index (χ0n) is 20.3. The van der Waals surface area contributed by atoms with Crippen LogP contribution in [0.2, 0.25) is 0 Å². The highest BCUT2D eigenvalue weighted by Gasteiger charge is 2.33. The zero-order chi connectivity index (χ0) is 20.8. The predicted molar refractivity (Wildman–Crippen MR) is 140 cm³/mol. The van der Waals surface area contributed by atoms with Gasteiger partial charge in [0, 0.05) is 18.5 Å². The molecule has 0 atom stereocenters. The van der Waals surface area contributed by atoms with Crippen LogP contribution in [0.3, 0.4) is 0 Å². The van der Waals surface area contributed by atoms with E-state index in [2.05, 4.69) is 33.0 Å². The van der Waals surface area contributed by atoms with Crippen LogP contribution in [0.4, 0.5) is 0 Å². The van der Waals surface area contributed by atoms with Crippen molar-refractivity contribution >= 4 is 16.0 Å². The first kappa shape index (κ1) is 28.4. The third-order valence-electron chi connectivity index (χ3n) is 6.47. The van der Waals surface area contributed by atoms with E-state index in [0.717, 1.165) is 0 Å². The van der Waals surface area contributed by atoms with Crippen LogP contribution in [-0.4, -0.2) is 27.7 Å². The molecule has 0 amide bonds. The SMILES string of the molecule is C=C[SiH2][P+](CCCCCCCC)(CCCCCCCC)CCCCCCCC. The summed E-state index contributed by atoms with van der Waals surface area (Å²) >= 11 is 0. The Morgan fingerprint density at radius 1 is 0.500 bits per heavy atom. The fraction of sp³-hybridized carbons (Fsp3) is 0.923. The highest BCUT2D eigenvalue weighted by atomic mass is 31.4. The van der Waals surface area contributed by atoms with Crippen molar-refractivity contribution in [2.45, 2.75) is 136 Å². The van der Waals surface area contributed by atoms with E-state index < -0.39 is 6.81 Å². The van der Waals surface area contributed by atoms with Crippen LogP contribution in [0, 0.1) is 0 Å². The fourth-order valence-corrected chi connectivity index (χ4v) is 14.3. The molecule has 0 aromatic rings. The molecule has 0 aromatic carbocycles. The summed E-state index contributed by atoms with van der Waals surface area (Å²) in [4.78, 5) is 0. The summed E-state index contributed by atoms with van der Waals surface area (Å²) in [6.45, 7) is 10.6. The first-order valence-electron chi connectivity index (χ1n) is 13.2. The molecule has 0 fully saturated rings. The summed E-state index contributed by atoms with van der Waals surface area (Å²) in [5, 5.41) is 0. The average Bonchev–Trinajstić information content (AvgIpc) is 2.70. The van der Waals surface area contributed by atoms with Gasteiger partial charge in [0.1, 0.15) is 0 Å². The van der Waals surface area contributed by atoms with Gasteiger partial charge in [-0.1, -0.05) is 104 Å². The standard InChI is InChI=1S/C26H56PSi/c1-5-9-12-15-18-21-24-27(28-8-4,25-22-19-16-13-10-6-2)26-23-20-17-14-11-7-3/h8H,4-7,9-26,28H2,1-3H3/q+1. The zero-order valence-corrected chi connectivity index (χ0v) is 22.6. The summed E-state index contributed by atoms with van der Waals surface area (Å²) in [7, 11) is -0.0277. The van der Waals surface area contributed by atoms with Gasteiger partial charge in [-0.25, -0.2) is 0 Å². The molecule has 2 heteroatoms. The Balaban J connectivity index is 4.41. The number of unbranched alkanes of at least 4 members (excludes halogenated alkanes) is 15. The first-order valence-corrected chi connectivity index (χ1v) is 18.4. The van der Waals surface area contributed by atoms with Gasteiger partial charge in [-0.3, -0.25) is 0 Å². The van der Waals surface area contributed by atoms with Gasteiger partial charge in [-0.2, -0.15) is 0 Å². The maximum atomic E-state index is 4.24. The van der Waals surface area contributed by atoms with Crippen molar-refractivity contribution < 1.29 is 0 Å². The van der Waals surface area contributed by atoms with E-state index in [0.29, 0.717) is 0 Å².